The monoisotopic (exact) mass is 263 g/mol. The van der Waals surface area contributed by atoms with Crippen molar-refractivity contribution in [1.29, 1.82) is 0 Å². The summed E-state index contributed by atoms with van der Waals surface area (Å²) in [5.41, 5.74) is 0.910. The van der Waals surface area contributed by atoms with Crippen LogP contribution < -0.4 is 0 Å². The van der Waals surface area contributed by atoms with Crippen LogP contribution in [0.5, 0.6) is 0 Å². The standard InChI is InChI=1S/C14H14FNO3/c15-12-2-1-7-16(9-12)13(17)8-10-3-5-11(6-4-10)14(18)19/h2-6H,1,7-9H2,(H,18,19). The Hall–Kier alpha value is -2.17. The van der Waals surface area contributed by atoms with E-state index in [1.807, 2.05) is 0 Å². The molecule has 1 aromatic rings. The van der Waals surface area contributed by atoms with Crippen LogP contribution >= 0.6 is 0 Å². The molecule has 0 saturated heterocycles. The third-order valence-electron chi connectivity index (χ3n) is 3.02. The van der Waals surface area contributed by atoms with Gasteiger partial charge in [0.05, 0.1) is 18.5 Å². The molecule has 2 rings (SSSR count). The molecule has 4 nitrogen and oxygen atoms in total. The molecule has 1 amide bonds. The van der Waals surface area contributed by atoms with E-state index in [0.717, 1.165) is 5.56 Å². The van der Waals surface area contributed by atoms with E-state index in [4.69, 9.17) is 5.11 Å². The molecule has 1 N–H and O–H groups in total. The molecule has 0 radical (unpaired) electrons. The minimum atomic E-state index is -0.999. The summed E-state index contributed by atoms with van der Waals surface area (Å²) in [6, 6.07) is 6.14. The van der Waals surface area contributed by atoms with Crippen LogP contribution in [0, 0.1) is 0 Å². The Bertz CT molecular complexity index is 522. The van der Waals surface area contributed by atoms with Crippen LogP contribution in [0.3, 0.4) is 0 Å². The first kappa shape index (κ1) is 13.3. The molecule has 0 spiro atoms. The number of nitrogens with zero attached hydrogens (tertiary/aromatic N) is 1. The second-order valence-electron chi connectivity index (χ2n) is 4.43. The van der Waals surface area contributed by atoms with Gasteiger partial charge in [0, 0.05) is 6.54 Å². The Kier molecular flexibility index (Phi) is 3.94. The number of hydrogen-bond acceptors (Lipinski definition) is 2. The van der Waals surface area contributed by atoms with Crippen molar-refractivity contribution in [2.24, 2.45) is 0 Å². The summed E-state index contributed by atoms with van der Waals surface area (Å²) >= 11 is 0. The molecule has 0 bridgehead atoms. The lowest BCUT2D eigenvalue weighted by Crippen LogP contribution is -2.36. The van der Waals surface area contributed by atoms with Crippen LogP contribution in [-0.4, -0.2) is 35.0 Å². The van der Waals surface area contributed by atoms with E-state index in [-0.39, 0.29) is 30.3 Å². The van der Waals surface area contributed by atoms with E-state index in [1.54, 1.807) is 12.1 Å². The minimum Gasteiger partial charge on any atom is -0.478 e. The lowest BCUT2D eigenvalue weighted by Gasteiger charge is -2.24. The Balaban J connectivity index is 1.99. The average molecular weight is 263 g/mol. The number of carbonyl (C=O) groups excluding carboxylic acids is 1. The predicted octanol–water partition coefficient (Wildman–Crippen LogP) is 2.01. The average Bonchev–Trinajstić information content (AvgIpc) is 2.39. The normalized spacial score (nSPS) is 15.0. The van der Waals surface area contributed by atoms with Gasteiger partial charge in [0.25, 0.3) is 0 Å². The summed E-state index contributed by atoms with van der Waals surface area (Å²) < 4.78 is 13.1. The van der Waals surface area contributed by atoms with Gasteiger partial charge in [-0.05, 0) is 30.2 Å². The maximum Gasteiger partial charge on any atom is 0.335 e. The highest BCUT2D eigenvalue weighted by Crippen LogP contribution is 2.13. The molecule has 0 unspecified atom stereocenters. The highest BCUT2D eigenvalue weighted by molar-refractivity contribution is 5.87. The van der Waals surface area contributed by atoms with Crippen LogP contribution in [0.2, 0.25) is 0 Å². The third kappa shape index (κ3) is 3.40. The quantitative estimate of drug-likeness (QED) is 0.907. The molecule has 0 saturated carbocycles. The number of carbonyl (C=O) groups is 2. The molecule has 0 aromatic heterocycles. The molecular weight excluding hydrogens is 249 g/mol. The van der Waals surface area contributed by atoms with E-state index < -0.39 is 5.97 Å². The smallest absolute Gasteiger partial charge is 0.335 e. The van der Waals surface area contributed by atoms with E-state index >= 15 is 0 Å². The van der Waals surface area contributed by atoms with Gasteiger partial charge < -0.3 is 10.0 Å². The zero-order chi connectivity index (χ0) is 13.8. The number of hydrogen-bond donors (Lipinski definition) is 1. The van der Waals surface area contributed by atoms with E-state index in [2.05, 4.69) is 0 Å². The molecule has 1 aliphatic rings. The van der Waals surface area contributed by atoms with Crippen molar-refractivity contribution in [3.8, 4) is 0 Å². The zero-order valence-electron chi connectivity index (χ0n) is 10.3. The van der Waals surface area contributed by atoms with E-state index in [1.165, 1.54) is 23.1 Å². The number of carboxylic acids is 1. The summed E-state index contributed by atoms with van der Waals surface area (Å²) in [4.78, 5) is 24.1. The van der Waals surface area contributed by atoms with Crippen molar-refractivity contribution >= 4 is 11.9 Å². The molecule has 1 aliphatic heterocycles. The van der Waals surface area contributed by atoms with Crippen LogP contribution in [0.15, 0.2) is 36.2 Å². The molecule has 0 aliphatic carbocycles. The van der Waals surface area contributed by atoms with Gasteiger partial charge in [-0.15, -0.1) is 0 Å². The van der Waals surface area contributed by atoms with Gasteiger partial charge in [-0.25, -0.2) is 9.18 Å². The van der Waals surface area contributed by atoms with E-state index in [0.29, 0.717) is 13.0 Å². The number of halogens is 1. The summed E-state index contributed by atoms with van der Waals surface area (Å²) in [6.07, 6.45) is 2.19. The van der Waals surface area contributed by atoms with Crippen molar-refractivity contribution in [1.82, 2.24) is 4.90 Å². The predicted molar refractivity (Wildman–Crippen MR) is 67.5 cm³/mol. The Morgan fingerprint density at radius 1 is 1.26 bits per heavy atom. The SMILES string of the molecule is O=C(O)c1ccc(CC(=O)N2CCC=C(F)C2)cc1. The number of carboxylic acid groups (broad SMARTS) is 1. The fraction of sp³-hybridized carbons (Fsp3) is 0.286. The Morgan fingerprint density at radius 2 is 1.95 bits per heavy atom. The van der Waals surface area contributed by atoms with Crippen molar-refractivity contribution in [3.05, 3.63) is 47.3 Å². The largest absolute Gasteiger partial charge is 0.478 e. The lowest BCUT2D eigenvalue weighted by atomic mass is 10.1. The maximum atomic E-state index is 13.1. The molecule has 1 aromatic carbocycles. The fourth-order valence-electron chi connectivity index (χ4n) is 1.97. The number of amides is 1. The summed E-state index contributed by atoms with van der Waals surface area (Å²) in [5, 5.41) is 8.77. The summed E-state index contributed by atoms with van der Waals surface area (Å²) in [6.45, 7) is 0.561. The Morgan fingerprint density at radius 3 is 2.53 bits per heavy atom. The van der Waals surface area contributed by atoms with Gasteiger partial charge in [0.1, 0.15) is 5.83 Å². The van der Waals surface area contributed by atoms with Gasteiger partial charge in [-0.1, -0.05) is 12.1 Å². The van der Waals surface area contributed by atoms with Crippen molar-refractivity contribution in [2.45, 2.75) is 12.8 Å². The van der Waals surface area contributed by atoms with Crippen molar-refractivity contribution < 1.29 is 19.1 Å². The topological polar surface area (TPSA) is 57.6 Å². The number of aromatic carboxylic acids is 1. The molecule has 0 atom stereocenters. The lowest BCUT2D eigenvalue weighted by molar-refractivity contribution is -0.130. The number of benzene rings is 1. The second-order valence-corrected chi connectivity index (χ2v) is 4.43. The first-order chi connectivity index (χ1) is 9.06. The fourth-order valence-corrected chi connectivity index (χ4v) is 1.97. The highest BCUT2D eigenvalue weighted by Gasteiger charge is 2.18. The van der Waals surface area contributed by atoms with Gasteiger partial charge >= 0.3 is 5.97 Å². The van der Waals surface area contributed by atoms with Gasteiger partial charge in [0.15, 0.2) is 0 Å². The van der Waals surface area contributed by atoms with Crippen molar-refractivity contribution in [3.63, 3.8) is 0 Å². The van der Waals surface area contributed by atoms with E-state index in [9.17, 15) is 14.0 Å². The van der Waals surface area contributed by atoms with Crippen LogP contribution in [0.4, 0.5) is 4.39 Å². The van der Waals surface area contributed by atoms with Crippen molar-refractivity contribution in [2.75, 3.05) is 13.1 Å². The molecule has 19 heavy (non-hydrogen) atoms. The maximum absolute atomic E-state index is 13.1. The third-order valence-corrected chi connectivity index (χ3v) is 3.02. The highest BCUT2D eigenvalue weighted by atomic mass is 19.1. The molecule has 1 heterocycles. The molecular formula is C14H14FNO3. The second kappa shape index (κ2) is 5.65. The van der Waals surface area contributed by atoms with Crippen LogP contribution in [-0.2, 0) is 11.2 Å². The Labute approximate surface area is 110 Å². The summed E-state index contributed by atoms with van der Waals surface area (Å²) in [7, 11) is 0. The van der Waals surface area contributed by atoms with Gasteiger partial charge in [-0.3, -0.25) is 4.79 Å². The molecule has 5 heteroatoms. The molecule has 100 valence electrons. The first-order valence-corrected chi connectivity index (χ1v) is 6.01. The zero-order valence-corrected chi connectivity index (χ0v) is 10.3. The van der Waals surface area contributed by atoms with Crippen LogP contribution in [0.1, 0.15) is 22.3 Å². The summed E-state index contributed by atoms with van der Waals surface area (Å²) in [5.74, 6) is -1.42. The van der Waals surface area contributed by atoms with Gasteiger partial charge in [0.2, 0.25) is 5.91 Å². The minimum absolute atomic E-state index is 0.0338. The van der Waals surface area contributed by atoms with Crippen LogP contribution in [0.25, 0.3) is 0 Å². The molecule has 0 fully saturated rings. The van der Waals surface area contributed by atoms with Gasteiger partial charge in [-0.2, -0.15) is 0 Å². The number of rotatable bonds is 3. The first-order valence-electron chi connectivity index (χ1n) is 6.01.